The highest BCUT2D eigenvalue weighted by Gasteiger charge is 2.13. The molecule has 1 aromatic heterocycles. The summed E-state index contributed by atoms with van der Waals surface area (Å²) in [5.41, 5.74) is 2.11. The molecule has 5 heteroatoms. The Balaban J connectivity index is 2.05. The first-order valence-corrected chi connectivity index (χ1v) is 7.04. The summed E-state index contributed by atoms with van der Waals surface area (Å²) in [6.45, 7) is 1.85. The minimum Gasteiger partial charge on any atom is -0.322 e. The smallest absolute Gasteiger partial charge is 0.257 e. The van der Waals surface area contributed by atoms with Crippen LogP contribution in [0.4, 0.5) is 10.1 Å². The van der Waals surface area contributed by atoms with E-state index < -0.39 is 5.82 Å². The van der Waals surface area contributed by atoms with Crippen LogP contribution >= 0.6 is 11.6 Å². The van der Waals surface area contributed by atoms with Gasteiger partial charge in [-0.1, -0.05) is 23.7 Å². The summed E-state index contributed by atoms with van der Waals surface area (Å²) < 4.78 is 13.2. The maximum Gasteiger partial charge on any atom is 0.257 e. The molecule has 0 spiro atoms. The predicted octanol–water partition coefficient (Wildman–Crippen LogP) is 4.59. The Kier molecular flexibility index (Phi) is 3.77. The minimum atomic E-state index is -0.414. The lowest BCUT2D eigenvalue weighted by atomic mass is 10.1. The average molecular weight is 315 g/mol. The van der Waals surface area contributed by atoms with Crippen molar-refractivity contribution >= 4 is 34.1 Å². The third-order valence-electron chi connectivity index (χ3n) is 3.22. The van der Waals surface area contributed by atoms with Crippen molar-refractivity contribution in [1.82, 2.24) is 4.98 Å². The molecule has 0 aliphatic carbocycles. The predicted molar refractivity (Wildman–Crippen MR) is 85.8 cm³/mol. The molecule has 0 radical (unpaired) electrons. The number of hydrogen-bond donors (Lipinski definition) is 1. The summed E-state index contributed by atoms with van der Waals surface area (Å²) in [4.78, 5) is 16.9. The maximum atomic E-state index is 13.2. The van der Waals surface area contributed by atoms with E-state index in [-0.39, 0.29) is 5.91 Å². The molecule has 3 nitrogen and oxygen atoms in total. The summed E-state index contributed by atoms with van der Waals surface area (Å²) in [5.74, 6) is -0.793. The molecule has 0 fully saturated rings. The van der Waals surface area contributed by atoms with Gasteiger partial charge in [0.1, 0.15) is 5.82 Å². The molecule has 1 heterocycles. The van der Waals surface area contributed by atoms with Gasteiger partial charge in [-0.15, -0.1) is 0 Å². The van der Waals surface area contributed by atoms with Crippen LogP contribution in [-0.4, -0.2) is 10.9 Å². The van der Waals surface area contributed by atoms with Crippen molar-refractivity contribution in [3.05, 3.63) is 70.6 Å². The number of rotatable bonds is 2. The lowest BCUT2D eigenvalue weighted by Crippen LogP contribution is -2.13. The Labute approximate surface area is 131 Å². The molecule has 0 atom stereocenters. The Morgan fingerprint density at radius 3 is 2.77 bits per heavy atom. The molecule has 22 heavy (non-hydrogen) atoms. The van der Waals surface area contributed by atoms with E-state index in [4.69, 9.17) is 11.6 Å². The highest BCUT2D eigenvalue weighted by molar-refractivity contribution is 6.32. The highest BCUT2D eigenvalue weighted by atomic mass is 35.5. The molecule has 0 aliphatic rings. The molecule has 3 aromatic rings. The van der Waals surface area contributed by atoms with E-state index in [1.807, 2.05) is 19.1 Å². The Morgan fingerprint density at radius 1 is 1.18 bits per heavy atom. The number of fused-ring (bicyclic) bond motifs is 1. The van der Waals surface area contributed by atoms with Gasteiger partial charge in [-0.2, -0.15) is 0 Å². The van der Waals surface area contributed by atoms with Crippen molar-refractivity contribution in [2.75, 3.05) is 5.32 Å². The molecule has 2 aromatic carbocycles. The number of benzene rings is 2. The van der Waals surface area contributed by atoms with Gasteiger partial charge in [-0.3, -0.25) is 9.78 Å². The largest absolute Gasteiger partial charge is 0.322 e. The van der Waals surface area contributed by atoms with Crippen molar-refractivity contribution in [2.24, 2.45) is 0 Å². The summed E-state index contributed by atoms with van der Waals surface area (Å²) in [6, 6.07) is 12.7. The van der Waals surface area contributed by atoms with Crippen molar-refractivity contribution in [3.8, 4) is 0 Å². The fourth-order valence-corrected chi connectivity index (χ4v) is 2.46. The van der Waals surface area contributed by atoms with E-state index in [0.717, 1.165) is 11.1 Å². The van der Waals surface area contributed by atoms with Gasteiger partial charge >= 0.3 is 0 Å². The van der Waals surface area contributed by atoms with Crippen LogP contribution < -0.4 is 5.32 Å². The van der Waals surface area contributed by atoms with Gasteiger partial charge in [0.25, 0.3) is 5.91 Å². The SMILES string of the molecule is Cc1ccc2cc(Cl)cc(C(=O)Nc3cccc(F)c3)c2n1. The Hall–Kier alpha value is -2.46. The first-order chi connectivity index (χ1) is 10.5. The molecule has 1 amide bonds. The number of hydrogen-bond acceptors (Lipinski definition) is 2. The lowest BCUT2D eigenvalue weighted by molar-refractivity contribution is 0.102. The number of anilines is 1. The molecule has 3 rings (SSSR count). The quantitative estimate of drug-likeness (QED) is 0.751. The number of carbonyl (C=O) groups excluding carboxylic acids is 1. The summed E-state index contributed by atoms with van der Waals surface area (Å²) in [7, 11) is 0. The third-order valence-corrected chi connectivity index (χ3v) is 3.44. The molecule has 0 unspecified atom stereocenters. The zero-order chi connectivity index (χ0) is 15.7. The van der Waals surface area contributed by atoms with E-state index in [2.05, 4.69) is 10.3 Å². The first-order valence-electron chi connectivity index (χ1n) is 6.67. The average Bonchev–Trinajstić information content (AvgIpc) is 2.47. The maximum absolute atomic E-state index is 13.2. The number of nitrogens with one attached hydrogen (secondary N) is 1. The van der Waals surface area contributed by atoms with Gasteiger partial charge in [0.2, 0.25) is 0 Å². The van der Waals surface area contributed by atoms with Gasteiger partial charge in [0.15, 0.2) is 0 Å². The molecule has 0 saturated heterocycles. The molecule has 1 N–H and O–H groups in total. The van der Waals surface area contributed by atoms with E-state index >= 15 is 0 Å². The zero-order valence-electron chi connectivity index (χ0n) is 11.7. The molecular formula is C17H12ClFN2O. The third kappa shape index (κ3) is 2.92. The first kappa shape index (κ1) is 14.5. The van der Waals surface area contributed by atoms with Gasteiger partial charge in [0, 0.05) is 21.8 Å². The van der Waals surface area contributed by atoms with Gasteiger partial charge < -0.3 is 5.32 Å². The Morgan fingerprint density at radius 2 is 2.00 bits per heavy atom. The molecule has 110 valence electrons. The van der Waals surface area contributed by atoms with Crippen LogP contribution in [0.2, 0.25) is 5.02 Å². The van der Waals surface area contributed by atoms with Crippen molar-refractivity contribution < 1.29 is 9.18 Å². The van der Waals surface area contributed by atoms with E-state index in [1.54, 1.807) is 18.2 Å². The number of pyridine rings is 1. The van der Waals surface area contributed by atoms with Gasteiger partial charge in [-0.05, 0) is 43.3 Å². The second-order valence-corrected chi connectivity index (χ2v) is 5.38. The van der Waals surface area contributed by atoms with Crippen LogP contribution in [-0.2, 0) is 0 Å². The van der Waals surface area contributed by atoms with Crippen LogP contribution in [0.25, 0.3) is 10.9 Å². The minimum absolute atomic E-state index is 0.357. The van der Waals surface area contributed by atoms with Crippen molar-refractivity contribution in [2.45, 2.75) is 6.92 Å². The van der Waals surface area contributed by atoms with Gasteiger partial charge in [0.05, 0.1) is 11.1 Å². The number of aryl methyl sites for hydroxylation is 1. The molecular weight excluding hydrogens is 303 g/mol. The van der Waals surface area contributed by atoms with Crippen molar-refractivity contribution in [1.29, 1.82) is 0 Å². The zero-order valence-corrected chi connectivity index (χ0v) is 12.5. The standard InChI is InChI=1S/C17H12ClFN2O/c1-10-5-6-11-7-12(18)8-15(16(11)20-10)17(22)21-14-4-2-3-13(19)9-14/h2-9H,1H3,(H,21,22). The van der Waals surface area contributed by atoms with Crippen molar-refractivity contribution in [3.63, 3.8) is 0 Å². The number of amides is 1. The van der Waals surface area contributed by atoms with Crippen LogP contribution in [0, 0.1) is 12.7 Å². The Bertz CT molecular complexity index is 880. The monoisotopic (exact) mass is 314 g/mol. The van der Waals surface area contributed by atoms with Crippen LogP contribution in [0.3, 0.4) is 0 Å². The van der Waals surface area contributed by atoms with E-state index in [1.165, 1.54) is 18.2 Å². The number of aromatic nitrogens is 1. The normalized spacial score (nSPS) is 10.7. The number of nitrogens with zero attached hydrogens (tertiary/aromatic N) is 1. The molecule has 0 bridgehead atoms. The molecule has 0 saturated carbocycles. The fourth-order valence-electron chi connectivity index (χ4n) is 2.23. The lowest BCUT2D eigenvalue weighted by Gasteiger charge is -2.09. The topological polar surface area (TPSA) is 42.0 Å². The summed E-state index contributed by atoms with van der Waals surface area (Å²) in [6.07, 6.45) is 0. The highest BCUT2D eigenvalue weighted by Crippen LogP contribution is 2.24. The molecule has 0 aliphatic heterocycles. The van der Waals surface area contributed by atoms with Crippen LogP contribution in [0.5, 0.6) is 0 Å². The van der Waals surface area contributed by atoms with E-state index in [9.17, 15) is 9.18 Å². The van der Waals surface area contributed by atoms with Crippen LogP contribution in [0.1, 0.15) is 16.1 Å². The number of halogens is 2. The number of carbonyl (C=O) groups is 1. The van der Waals surface area contributed by atoms with Gasteiger partial charge in [-0.25, -0.2) is 4.39 Å². The van der Waals surface area contributed by atoms with E-state index in [0.29, 0.717) is 21.8 Å². The fraction of sp³-hybridized carbons (Fsp3) is 0.0588. The second-order valence-electron chi connectivity index (χ2n) is 4.94. The summed E-state index contributed by atoms with van der Waals surface area (Å²) in [5, 5.41) is 3.89. The second kappa shape index (κ2) is 5.73. The van der Waals surface area contributed by atoms with Crippen LogP contribution in [0.15, 0.2) is 48.5 Å². The summed E-state index contributed by atoms with van der Waals surface area (Å²) >= 11 is 6.07.